The number of amides is 1. The monoisotopic (exact) mass is 257 g/mol. The van der Waals surface area contributed by atoms with Gasteiger partial charge in [-0.05, 0) is 18.6 Å². The molecule has 3 N–H and O–H groups in total. The number of primary amides is 1. The highest BCUT2D eigenvalue weighted by molar-refractivity contribution is 7.90. The molecule has 17 heavy (non-hydrogen) atoms. The van der Waals surface area contributed by atoms with Crippen LogP contribution < -0.4 is 11.1 Å². The van der Waals surface area contributed by atoms with Crippen molar-refractivity contribution in [3.63, 3.8) is 0 Å². The summed E-state index contributed by atoms with van der Waals surface area (Å²) in [5, 5.41) is 2.96. The van der Waals surface area contributed by atoms with Crippen molar-refractivity contribution in [3.05, 3.63) is 23.9 Å². The van der Waals surface area contributed by atoms with Crippen molar-refractivity contribution in [2.45, 2.75) is 6.42 Å². The fraction of sp³-hybridized carbons (Fsp3) is 0.400. The van der Waals surface area contributed by atoms with Crippen LogP contribution in [0.1, 0.15) is 16.8 Å². The quantitative estimate of drug-likeness (QED) is 0.700. The van der Waals surface area contributed by atoms with Crippen molar-refractivity contribution < 1.29 is 13.2 Å². The molecule has 0 bridgehead atoms. The van der Waals surface area contributed by atoms with E-state index in [1.54, 1.807) is 12.1 Å². The van der Waals surface area contributed by atoms with Crippen LogP contribution >= 0.6 is 0 Å². The van der Waals surface area contributed by atoms with Gasteiger partial charge >= 0.3 is 0 Å². The van der Waals surface area contributed by atoms with Crippen LogP contribution in [0.15, 0.2) is 18.3 Å². The van der Waals surface area contributed by atoms with Gasteiger partial charge in [0.15, 0.2) is 0 Å². The van der Waals surface area contributed by atoms with Gasteiger partial charge in [0.1, 0.15) is 15.7 Å². The number of nitrogens with one attached hydrogen (secondary N) is 1. The van der Waals surface area contributed by atoms with Crippen molar-refractivity contribution in [1.82, 2.24) is 4.98 Å². The zero-order valence-corrected chi connectivity index (χ0v) is 10.3. The molecule has 0 radical (unpaired) electrons. The predicted molar refractivity (Wildman–Crippen MR) is 65.6 cm³/mol. The number of anilines is 1. The van der Waals surface area contributed by atoms with Gasteiger partial charge < -0.3 is 11.1 Å². The Kier molecular flexibility index (Phi) is 4.45. The van der Waals surface area contributed by atoms with Gasteiger partial charge in [-0.15, -0.1) is 0 Å². The lowest BCUT2D eigenvalue weighted by Crippen LogP contribution is -2.12. The molecule has 1 aromatic rings. The summed E-state index contributed by atoms with van der Waals surface area (Å²) in [5.41, 5.74) is 5.41. The predicted octanol–water partition coefficient (Wildman–Crippen LogP) is 0.0271. The Hall–Kier alpha value is -1.63. The molecule has 94 valence electrons. The lowest BCUT2D eigenvalue weighted by atomic mass is 10.3. The number of nitrogens with zero attached hydrogens (tertiary/aromatic N) is 1. The van der Waals surface area contributed by atoms with Crippen molar-refractivity contribution in [1.29, 1.82) is 0 Å². The van der Waals surface area contributed by atoms with Gasteiger partial charge in [0.05, 0.1) is 11.3 Å². The summed E-state index contributed by atoms with van der Waals surface area (Å²) in [6.07, 6.45) is 3.09. The molecule has 0 aliphatic rings. The van der Waals surface area contributed by atoms with E-state index in [0.717, 1.165) is 0 Å². The first-order valence-corrected chi connectivity index (χ1v) is 7.12. The van der Waals surface area contributed by atoms with Gasteiger partial charge in [0.2, 0.25) is 5.91 Å². The van der Waals surface area contributed by atoms with E-state index >= 15 is 0 Å². The second-order valence-electron chi connectivity index (χ2n) is 3.71. The molecule has 0 aliphatic carbocycles. The Labute approximate surface area is 100 Å². The van der Waals surface area contributed by atoms with Crippen LogP contribution in [-0.2, 0) is 9.84 Å². The molecular weight excluding hydrogens is 242 g/mol. The van der Waals surface area contributed by atoms with E-state index in [9.17, 15) is 13.2 Å². The van der Waals surface area contributed by atoms with Gasteiger partial charge in [0, 0.05) is 19.0 Å². The normalized spacial score (nSPS) is 11.1. The molecule has 0 unspecified atom stereocenters. The summed E-state index contributed by atoms with van der Waals surface area (Å²) in [5.74, 6) is 0.198. The minimum atomic E-state index is -2.92. The maximum Gasteiger partial charge on any atom is 0.250 e. The van der Waals surface area contributed by atoms with Crippen LogP contribution in [-0.4, -0.2) is 37.9 Å². The van der Waals surface area contributed by atoms with Crippen LogP contribution in [0.2, 0.25) is 0 Å². The molecule has 6 nitrogen and oxygen atoms in total. The topological polar surface area (TPSA) is 102 Å². The van der Waals surface area contributed by atoms with E-state index in [-0.39, 0.29) is 5.75 Å². The Morgan fingerprint density at radius 1 is 1.47 bits per heavy atom. The third-order valence-electron chi connectivity index (χ3n) is 2.05. The summed E-state index contributed by atoms with van der Waals surface area (Å²) in [6, 6.07) is 3.19. The average molecular weight is 257 g/mol. The van der Waals surface area contributed by atoms with E-state index in [2.05, 4.69) is 10.3 Å². The van der Waals surface area contributed by atoms with Crippen LogP contribution in [0.5, 0.6) is 0 Å². The number of carbonyl (C=O) groups is 1. The minimum Gasteiger partial charge on any atom is -0.370 e. The molecule has 7 heteroatoms. The van der Waals surface area contributed by atoms with Crippen LogP contribution in [0, 0.1) is 0 Å². The molecular formula is C10H15N3O3S. The number of carbonyl (C=O) groups excluding carboxylic acids is 1. The maximum absolute atomic E-state index is 10.9. The second kappa shape index (κ2) is 5.62. The van der Waals surface area contributed by atoms with E-state index in [0.29, 0.717) is 24.3 Å². The summed E-state index contributed by atoms with van der Waals surface area (Å²) in [4.78, 5) is 14.8. The number of nitrogens with two attached hydrogens (primary N) is 1. The summed E-state index contributed by atoms with van der Waals surface area (Å²) in [7, 11) is -2.92. The third-order valence-corrected chi connectivity index (χ3v) is 3.08. The summed E-state index contributed by atoms with van der Waals surface area (Å²) >= 11 is 0. The lowest BCUT2D eigenvalue weighted by molar-refractivity contribution is 0.1000. The first kappa shape index (κ1) is 13.4. The standard InChI is InChI=1S/C10H15N3O3S/c1-17(15,16)6-2-5-12-9-4-3-8(7-13-9)10(11)14/h3-4,7H,2,5-6H2,1H3,(H2,11,14)(H,12,13). The molecule has 0 aliphatic heterocycles. The Morgan fingerprint density at radius 2 is 2.18 bits per heavy atom. The summed E-state index contributed by atoms with van der Waals surface area (Å²) < 4.78 is 21.7. The fourth-order valence-corrected chi connectivity index (χ4v) is 1.86. The highest BCUT2D eigenvalue weighted by atomic mass is 32.2. The van der Waals surface area contributed by atoms with Gasteiger partial charge in [0.25, 0.3) is 0 Å². The molecule has 1 heterocycles. The van der Waals surface area contributed by atoms with Gasteiger partial charge in [-0.3, -0.25) is 4.79 Å². The Morgan fingerprint density at radius 3 is 2.65 bits per heavy atom. The number of hydrogen-bond donors (Lipinski definition) is 2. The summed E-state index contributed by atoms with van der Waals surface area (Å²) in [6.45, 7) is 0.510. The maximum atomic E-state index is 10.9. The highest BCUT2D eigenvalue weighted by Gasteiger charge is 2.02. The minimum absolute atomic E-state index is 0.138. The van der Waals surface area contributed by atoms with Gasteiger partial charge in [-0.2, -0.15) is 0 Å². The number of hydrogen-bond acceptors (Lipinski definition) is 5. The van der Waals surface area contributed by atoms with E-state index in [4.69, 9.17) is 5.73 Å². The van der Waals surface area contributed by atoms with Crippen LogP contribution in [0.4, 0.5) is 5.82 Å². The van der Waals surface area contributed by atoms with Crippen molar-refractivity contribution >= 4 is 21.6 Å². The SMILES string of the molecule is CS(=O)(=O)CCCNc1ccc(C(N)=O)cn1. The largest absolute Gasteiger partial charge is 0.370 e. The number of rotatable bonds is 6. The number of sulfone groups is 1. The number of aromatic nitrogens is 1. The smallest absolute Gasteiger partial charge is 0.250 e. The zero-order chi connectivity index (χ0) is 12.9. The van der Waals surface area contributed by atoms with E-state index in [1.165, 1.54) is 12.5 Å². The van der Waals surface area contributed by atoms with E-state index in [1.807, 2.05) is 0 Å². The van der Waals surface area contributed by atoms with Crippen LogP contribution in [0.3, 0.4) is 0 Å². The number of pyridine rings is 1. The van der Waals surface area contributed by atoms with Crippen LogP contribution in [0.25, 0.3) is 0 Å². The zero-order valence-electron chi connectivity index (χ0n) is 9.51. The molecule has 0 spiro atoms. The first-order valence-electron chi connectivity index (χ1n) is 5.06. The average Bonchev–Trinajstić information content (AvgIpc) is 2.24. The van der Waals surface area contributed by atoms with Crippen molar-refractivity contribution in [2.75, 3.05) is 23.9 Å². The molecule has 0 saturated heterocycles. The van der Waals surface area contributed by atoms with Crippen molar-refractivity contribution in [3.8, 4) is 0 Å². The highest BCUT2D eigenvalue weighted by Crippen LogP contribution is 2.04. The Balaban J connectivity index is 2.40. The van der Waals surface area contributed by atoms with Gasteiger partial charge in [-0.25, -0.2) is 13.4 Å². The molecule has 0 fully saturated rings. The van der Waals surface area contributed by atoms with Crippen molar-refractivity contribution in [2.24, 2.45) is 5.73 Å². The lowest BCUT2D eigenvalue weighted by Gasteiger charge is -2.05. The molecule has 0 aromatic carbocycles. The molecule has 0 saturated carbocycles. The first-order chi connectivity index (χ1) is 7.88. The second-order valence-corrected chi connectivity index (χ2v) is 5.97. The van der Waals surface area contributed by atoms with E-state index < -0.39 is 15.7 Å². The molecule has 1 amide bonds. The molecule has 1 rings (SSSR count). The Bertz CT molecular complexity index is 482. The molecule has 1 aromatic heterocycles. The van der Waals surface area contributed by atoms with Gasteiger partial charge in [-0.1, -0.05) is 0 Å². The fourth-order valence-electron chi connectivity index (χ4n) is 1.20. The molecule has 0 atom stereocenters. The third kappa shape index (κ3) is 5.30.